The van der Waals surface area contributed by atoms with Gasteiger partial charge in [-0.05, 0) is 43.0 Å². The summed E-state index contributed by atoms with van der Waals surface area (Å²) in [5, 5.41) is 0. The van der Waals surface area contributed by atoms with Gasteiger partial charge in [0.15, 0.2) is 0 Å². The quantitative estimate of drug-likeness (QED) is 0.908. The number of hydrogen-bond donors (Lipinski definition) is 1. The fourth-order valence-electron chi connectivity index (χ4n) is 2.49. The van der Waals surface area contributed by atoms with Crippen LogP contribution in [0.4, 0.5) is 0 Å². The highest BCUT2D eigenvalue weighted by Crippen LogP contribution is 2.23. The maximum absolute atomic E-state index is 12.6. The van der Waals surface area contributed by atoms with Crippen molar-refractivity contribution in [1.29, 1.82) is 0 Å². The van der Waals surface area contributed by atoms with E-state index in [-0.39, 0.29) is 6.10 Å². The SMILES string of the molecule is COC1CCN(S(=O)(=O)c2ccc(C)c(CN)c2)CC1. The summed E-state index contributed by atoms with van der Waals surface area (Å²) < 4.78 is 32.0. The molecule has 6 heteroatoms. The summed E-state index contributed by atoms with van der Waals surface area (Å²) in [4.78, 5) is 0.333. The molecule has 1 aliphatic heterocycles. The van der Waals surface area contributed by atoms with Gasteiger partial charge < -0.3 is 10.5 Å². The van der Waals surface area contributed by atoms with Crippen molar-refractivity contribution in [2.45, 2.75) is 37.3 Å². The van der Waals surface area contributed by atoms with E-state index in [1.807, 2.05) is 13.0 Å². The molecule has 1 aliphatic rings. The summed E-state index contributed by atoms with van der Waals surface area (Å²) in [6.07, 6.45) is 1.65. The second kappa shape index (κ2) is 6.22. The Bertz CT molecular complexity index is 564. The van der Waals surface area contributed by atoms with Crippen LogP contribution >= 0.6 is 0 Å². The Morgan fingerprint density at radius 3 is 2.55 bits per heavy atom. The second-order valence-electron chi connectivity index (χ2n) is 5.13. The summed E-state index contributed by atoms with van der Waals surface area (Å²) in [6, 6.07) is 5.16. The molecule has 0 atom stereocenters. The normalized spacial score (nSPS) is 18.4. The first-order chi connectivity index (χ1) is 9.48. The van der Waals surface area contributed by atoms with Crippen LogP contribution in [0.5, 0.6) is 0 Å². The molecular weight excluding hydrogens is 276 g/mol. The number of sulfonamides is 1. The van der Waals surface area contributed by atoms with Crippen molar-refractivity contribution in [1.82, 2.24) is 4.31 Å². The average molecular weight is 298 g/mol. The van der Waals surface area contributed by atoms with Crippen LogP contribution in [0.1, 0.15) is 24.0 Å². The molecule has 1 aromatic rings. The summed E-state index contributed by atoms with van der Waals surface area (Å²) in [6.45, 7) is 3.29. The number of piperidine rings is 1. The molecular formula is C14H22N2O3S. The first-order valence-corrected chi connectivity index (χ1v) is 8.25. The lowest BCUT2D eigenvalue weighted by Gasteiger charge is -2.30. The number of benzene rings is 1. The molecule has 20 heavy (non-hydrogen) atoms. The summed E-state index contributed by atoms with van der Waals surface area (Å²) in [7, 11) is -1.75. The van der Waals surface area contributed by atoms with E-state index in [9.17, 15) is 8.42 Å². The van der Waals surface area contributed by atoms with E-state index in [4.69, 9.17) is 10.5 Å². The van der Waals surface area contributed by atoms with Crippen molar-refractivity contribution in [2.75, 3.05) is 20.2 Å². The lowest BCUT2D eigenvalue weighted by molar-refractivity contribution is 0.0604. The van der Waals surface area contributed by atoms with Gasteiger partial charge in [-0.3, -0.25) is 0 Å². The van der Waals surface area contributed by atoms with Gasteiger partial charge in [-0.2, -0.15) is 4.31 Å². The van der Waals surface area contributed by atoms with Crippen LogP contribution < -0.4 is 5.73 Å². The van der Waals surface area contributed by atoms with Gasteiger partial charge in [0, 0.05) is 26.7 Å². The number of rotatable bonds is 4. The lowest BCUT2D eigenvalue weighted by atomic mass is 10.1. The molecule has 1 fully saturated rings. The van der Waals surface area contributed by atoms with E-state index in [0.717, 1.165) is 24.0 Å². The Hall–Kier alpha value is -0.950. The Labute approximate surface area is 120 Å². The monoisotopic (exact) mass is 298 g/mol. The maximum atomic E-state index is 12.6. The third-order valence-electron chi connectivity index (χ3n) is 3.91. The lowest BCUT2D eigenvalue weighted by Crippen LogP contribution is -2.40. The zero-order chi connectivity index (χ0) is 14.8. The maximum Gasteiger partial charge on any atom is 0.243 e. The molecule has 0 radical (unpaired) electrons. The molecule has 0 amide bonds. The molecule has 1 aromatic carbocycles. The third-order valence-corrected chi connectivity index (χ3v) is 5.81. The molecule has 1 heterocycles. The summed E-state index contributed by atoms with van der Waals surface area (Å²) in [5.41, 5.74) is 7.54. The number of aryl methyl sites for hydroxylation is 1. The molecule has 0 saturated carbocycles. The van der Waals surface area contributed by atoms with Gasteiger partial charge in [0.05, 0.1) is 11.0 Å². The Morgan fingerprint density at radius 2 is 2.00 bits per heavy atom. The number of nitrogens with two attached hydrogens (primary N) is 1. The van der Waals surface area contributed by atoms with Crippen LogP contribution in [0.3, 0.4) is 0 Å². The molecule has 0 unspecified atom stereocenters. The Balaban J connectivity index is 2.22. The van der Waals surface area contributed by atoms with Crippen molar-refractivity contribution in [3.05, 3.63) is 29.3 Å². The minimum Gasteiger partial charge on any atom is -0.381 e. The predicted octanol–water partition coefficient (Wildman–Crippen LogP) is 1.25. The van der Waals surface area contributed by atoms with Gasteiger partial charge in [0.2, 0.25) is 10.0 Å². The number of hydrogen-bond acceptors (Lipinski definition) is 4. The van der Waals surface area contributed by atoms with Gasteiger partial charge in [-0.25, -0.2) is 8.42 Å². The highest BCUT2D eigenvalue weighted by molar-refractivity contribution is 7.89. The van der Waals surface area contributed by atoms with Crippen molar-refractivity contribution in [2.24, 2.45) is 5.73 Å². The van der Waals surface area contributed by atoms with Crippen LogP contribution in [0.2, 0.25) is 0 Å². The number of methoxy groups -OCH3 is 1. The van der Waals surface area contributed by atoms with Crippen molar-refractivity contribution in [3.63, 3.8) is 0 Å². The summed E-state index contributed by atoms with van der Waals surface area (Å²) >= 11 is 0. The second-order valence-corrected chi connectivity index (χ2v) is 7.07. The van der Waals surface area contributed by atoms with Crippen LogP contribution in [-0.4, -0.2) is 39.0 Å². The first-order valence-electron chi connectivity index (χ1n) is 6.81. The van der Waals surface area contributed by atoms with Crippen LogP contribution in [0.15, 0.2) is 23.1 Å². The van der Waals surface area contributed by atoms with Gasteiger partial charge in [0.25, 0.3) is 0 Å². The summed E-state index contributed by atoms with van der Waals surface area (Å²) in [5.74, 6) is 0. The molecule has 1 saturated heterocycles. The Kier molecular flexibility index (Phi) is 4.80. The average Bonchev–Trinajstić information content (AvgIpc) is 2.47. The van der Waals surface area contributed by atoms with Gasteiger partial charge >= 0.3 is 0 Å². The third kappa shape index (κ3) is 3.03. The fourth-order valence-corrected chi connectivity index (χ4v) is 4.01. The van der Waals surface area contributed by atoms with Crippen molar-refractivity contribution >= 4 is 10.0 Å². The first kappa shape index (κ1) is 15.4. The fraction of sp³-hybridized carbons (Fsp3) is 0.571. The molecule has 5 nitrogen and oxygen atoms in total. The molecule has 2 rings (SSSR count). The van der Waals surface area contributed by atoms with E-state index in [0.29, 0.717) is 24.5 Å². The minimum absolute atomic E-state index is 0.166. The van der Waals surface area contributed by atoms with Crippen molar-refractivity contribution in [3.8, 4) is 0 Å². The van der Waals surface area contributed by atoms with E-state index in [1.165, 1.54) is 4.31 Å². The molecule has 0 bridgehead atoms. The smallest absolute Gasteiger partial charge is 0.243 e. The molecule has 0 aromatic heterocycles. The number of ether oxygens (including phenoxy) is 1. The zero-order valence-electron chi connectivity index (χ0n) is 12.0. The molecule has 2 N–H and O–H groups in total. The van der Waals surface area contributed by atoms with E-state index in [2.05, 4.69) is 0 Å². The minimum atomic E-state index is -3.42. The highest BCUT2D eigenvalue weighted by atomic mass is 32.2. The molecule has 112 valence electrons. The van der Waals surface area contributed by atoms with Crippen LogP contribution in [0.25, 0.3) is 0 Å². The predicted molar refractivity (Wildman–Crippen MR) is 77.9 cm³/mol. The largest absolute Gasteiger partial charge is 0.381 e. The van der Waals surface area contributed by atoms with E-state index < -0.39 is 10.0 Å². The Morgan fingerprint density at radius 1 is 1.35 bits per heavy atom. The zero-order valence-corrected chi connectivity index (χ0v) is 12.8. The van der Waals surface area contributed by atoms with Gasteiger partial charge in [0.1, 0.15) is 0 Å². The van der Waals surface area contributed by atoms with Gasteiger partial charge in [-0.1, -0.05) is 6.07 Å². The van der Waals surface area contributed by atoms with E-state index in [1.54, 1.807) is 19.2 Å². The van der Waals surface area contributed by atoms with E-state index >= 15 is 0 Å². The van der Waals surface area contributed by atoms with Crippen molar-refractivity contribution < 1.29 is 13.2 Å². The van der Waals surface area contributed by atoms with Crippen LogP contribution in [0, 0.1) is 6.92 Å². The van der Waals surface area contributed by atoms with Gasteiger partial charge in [-0.15, -0.1) is 0 Å². The van der Waals surface area contributed by atoms with Crippen LogP contribution in [-0.2, 0) is 21.3 Å². The topological polar surface area (TPSA) is 72.6 Å². The number of nitrogens with zero attached hydrogens (tertiary/aromatic N) is 1. The molecule has 0 aliphatic carbocycles. The highest BCUT2D eigenvalue weighted by Gasteiger charge is 2.29. The molecule has 0 spiro atoms. The standard InChI is InChI=1S/C14H22N2O3S/c1-11-3-4-14(9-12(11)10-15)20(17,18)16-7-5-13(19-2)6-8-16/h3-4,9,13H,5-8,10,15H2,1-2H3.